The second-order valence-electron chi connectivity index (χ2n) is 11.7. The standard InChI is InChI=1S/C35H45O11PS2/c1-5-31-33(20-22-41-31)46-47(36,43-23-24-48-49(4,37)38)44-25-34-32(19-21-42-34)45-35(26-9-7-6-8-10-26,27-11-15-29(39-2)16-12-27)28-13-17-30(40-3)18-14-28/h6-18,31-34H,5,19-25H2,1-4H3/t31-,32?,33?,34-,47+/m1/s1. The second kappa shape index (κ2) is 17.2. The fourth-order valence-corrected chi connectivity index (χ4v) is 9.17. The summed E-state index contributed by atoms with van der Waals surface area (Å²) in [6, 6.07) is 25.5. The molecular formula is C35H45O11PS2. The highest BCUT2D eigenvalue weighted by Crippen LogP contribution is 2.53. The predicted octanol–water partition coefficient (Wildman–Crippen LogP) is 6.59. The third-order valence-corrected chi connectivity index (χ3v) is 12.5. The Morgan fingerprint density at radius 1 is 0.796 bits per heavy atom. The van der Waals surface area contributed by atoms with Crippen LogP contribution >= 0.6 is 18.6 Å². The minimum Gasteiger partial charge on any atom is -0.497 e. The van der Waals surface area contributed by atoms with Crippen LogP contribution in [0.3, 0.4) is 0 Å². The zero-order chi connectivity index (χ0) is 34.9. The highest BCUT2D eigenvalue weighted by molar-refractivity contribution is 8.71. The van der Waals surface area contributed by atoms with Crippen LogP contribution in [0.5, 0.6) is 11.5 Å². The van der Waals surface area contributed by atoms with Crippen molar-refractivity contribution < 1.29 is 50.2 Å². The van der Waals surface area contributed by atoms with Crippen molar-refractivity contribution in [2.75, 3.05) is 52.7 Å². The zero-order valence-electron chi connectivity index (χ0n) is 28.2. The molecular weight excluding hydrogens is 691 g/mol. The van der Waals surface area contributed by atoms with Crippen LogP contribution in [0, 0.1) is 0 Å². The first-order valence-corrected chi connectivity index (χ1v) is 21.1. The molecule has 14 heteroatoms. The van der Waals surface area contributed by atoms with Gasteiger partial charge in [-0.25, -0.2) is 13.0 Å². The number of phosphoric acid groups is 1. The molecule has 0 aliphatic carbocycles. The van der Waals surface area contributed by atoms with E-state index in [9.17, 15) is 13.0 Å². The van der Waals surface area contributed by atoms with E-state index in [1.165, 1.54) is 0 Å². The highest BCUT2D eigenvalue weighted by Gasteiger charge is 2.45. The SMILES string of the molecule is CC[C@H]1OCCC1O[P@@](=O)(OCCSS(C)(=O)=O)OC[C@H]1OCCC1OC(c1ccccc1)(c1ccc(OC)cc1)c1ccc(OC)cc1. The maximum atomic E-state index is 14.1. The van der Waals surface area contributed by atoms with Gasteiger partial charge < -0.3 is 23.7 Å². The zero-order valence-corrected chi connectivity index (χ0v) is 30.8. The van der Waals surface area contributed by atoms with Crippen LogP contribution in [0.1, 0.15) is 42.9 Å². The summed E-state index contributed by atoms with van der Waals surface area (Å²) in [6.07, 6.45) is 0.953. The molecule has 2 aliphatic rings. The summed E-state index contributed by atoms with van der Waals surface area (Å²) in [6.45, 7) is 2.51. The van der Waals surface area contributed by atoms with Crippen LogP contribution in [-0.4, -0.2) is 85.5 Å². The molecule has 0 bridgehead atoms. The van der Waals surface area contributed by atoms with Crippen molar-refractivity contribution in [1.29, 1.82) is 0 Å². The Morgan fingerprint density at radius 2 is 1.35 bits per heavy atom. The van der Waals surface area contributed by atoms with Crippen molar-refractivity contribution in [3.05, 3.63) is 95.6 Å². The van der Waals surface area contributed by atoms with Crippen LogP contribution in [0.2, 0.25) is 0 Å². The van der Waals surface area contributed by atoms with Gasteiger partial charge in [0.15, 0.2) is 8.87 Å². The van der Waals surface area contributed by atoms with Crippen LogP contribution < -0.4 is 9.47 Å². The maximum Gasteiger partial charge on any atom is 0.475 e. The summed E-state index contributed by atoms with van der Waals surface area (Å²) in [4.78, 5) is 0. The van der Waals surface area contributed by atoms with Gasteiger partial charge in [-0.1, -0.05) is 61.5 Å². The molecule has 3 aromatic carbocycles. The van der Waals surface area contributed by atoms with Crippen LogP contribution in [0.15, 0.2) is 78.9 Å². The fourth-order valence-electron chi connectivity index (χ4n) is 6.07. The number of benzene rings is 3. The summed E-state index contributed by atoms with van der Waals surface area (Å²) in [7, 11) is -3.54. The van der Waals surface area contributed by atoms with Gasteiger partial charge in [-0.15, -0.1) is 0 Å². The molecule has 2 heterocycles. The quantitative estimate of drug-likeness (QED) is 0.0606. The average Bonchev–Trinajstić information content (AvgIpc) is 3.77. The molecule has 2 aliphatic heterocycles. The minimum atomic E-state index is -4.18. The molecule has 5 atom stereocenters. The molecule has 0 amide bonds. The van der Waals surface area contributed by atoms with Crippen molar-refractivity contribution in [2.45, 2.75) is 56.2 Å². The van der Waals surface area contributed by atoms with E-state index in [2.05, 4.69) is 0 Å². The molecule has 49 heavy (non-hydrogen) atoms. The van der Waals surface area contributed by atoms with E-state index in [4.69, 9.17) is 37.3 Å². The lowest BCUT2D eigenvalue weighted by molar-refractivity contribution is -0.0910. The van der Waals surface area contributed by atoms with Crippen molar-refractivity contribution in [2.24, 2.45) is 0 Å². The summed E-state index contributed by atoms with van der Waals surface area (Å²) < 4.78 is 85.1. The van der Waals surface area contributed by atoms with Crippen LogP contribution in [0.4, 0.5) is 0 Å². The smallest absolute Gasteiger partial charge is 0.475 e. The topological polar surface area (TPSA) is 125 Å². The second-order valence-corrected chi connectivity index (χ2v) is 17.9. The van der Waals surface area contributed by atoms with Gasteiger partial charge >= 0.3 is 7.82 Å². The summed E-state index contributed by atoms with van der Waals surface area (Å²) in [5.41, 5.74) is 1.53. The first-order valence-electron chi connectivity index (χ1n) is 16.3. The monoisotopic (exact) mass is 736 g/mol. The van der Waals surface area contributed by atoms with Crippen molar-refractivity contribution in [1.82, 2.24) is 0 Å². The molecule has 2 saturated heterocycles. The summed E-state index contributed by atoms with van der Waals surface area (Å²) >= 11 is 0. The first kappa shape index (κ1) is 37.8. The summed E-state index contributed by atoms with van der Waals surface area (Å²) in [5.74, 6) is 1.47. The Morgan fingerprint density at radius 3 is 1.90 bits per heavy atom. The number of ether oxygens (including phenoxy) is 5. The third-order valence-electron chi connectivity index (χ3n) is 8.49. The number of hydrogen-bond acceptors (Lipinski definition) is 12. The highest BCUT2D eigenvalue weighted by atomic mass is 33.1. The lowest BCUT2D eigenvalue weighted by Gasteiger charge is -2.39. The van der Waals surface area contributed by atoms with E-state index in [-0.39, 0.29) is 25.1 Å². The third kappa shape index (κ3) is 9.66. The molecule has 0 aromatic heterocycles. The van der Waals surface area contributed by atoms with Gasteiger partial charge in [-0.2, -0.15) is 0 Å². The molecule has 2 unspecified atom stereocenters. The van der Waals surface area contributed by atoms with Gasteiger partial charge in [0.1, 0.15) is 23.2 Å². The molecule has 5 rings (SSSR count). The molecule has 3 aromatic rings. The van der Waals surface area contributed by atoms with Gasteiger partial charge in [-0.3, -0.25) is 13.6 Å². The van der Waals surface area contributed by atoms with Crippen molar-refractivity contribution in [3.8, 4) is 11.5 Å². The molecule has 11 nitrogen and oxygen atoms in total. The predicted molar refractivity (Wildman–Crippen MR) is 188 cm³/mol. The Hall–Kier alpha value is -2.45. The lowest BCUT2D eigenvalue weighted by atomic mass is 9.79. The molecule has 0 N–H and O–H groups in total. The number of methoxy groups -OCH3 is 2. The van der Waals surface area contributed by atoms with Crippen molar-refractivity contribution >= 4 is 27.5 Å². The Balaban J connectivity index is 1.44. The van der Waals surface area contributed by atoms with E-state index >= 15 is 0 Å². The van der Waals surface area contributed by atoms with Gasteiger partial charge in [0.25, 0.3) is 0 Å². The molecule has 0 radical (unpaired) electrons. The maximum absolute atomic E-state index is 14.1. The van der Waals surface area contributed by atoms with E-state index in [0.29, 0.717) is 54.8 Å². The number of phosphoric ester groups is 1. The van der Waals surface area contributed by atoms with Crippen molar-refractivity contribution in [3.63, 3.8) is 0 Å². The number of hydrogen-bond donors (Lipinski definition) is 0. The number of rotatable bonds is 18. The molecule has 268 valence electrons. The Kier molecular flexibility index (Phi) is 13.2. The average molecular weight is 737 g/mol. The van der Waals surface area contributed by atoms with Gasteiger partial charge in [-0.05, 0) is 64.6 Å². The van der Waals surface area contributed by atoms with E-state index < -0.39 is 40.6 Å². The molecule has 0 saturated carbocycles. The largest absolute Gasteiger partial charge is 0.497 e. The lowest BCUT2D eigenvalue weighted by Crippen LogP contribution is -2.41. The van der Waals surface area contributed by atoms with E-state index in [0.717, 1.165) is 22.9 Å². The van der Waals surface area contributed by atoms with Crippen LogP contribution in [-0.2, 0) is 46.8 Å². The Bertz CT molecular complexity index is 1570. The van der Waals surface area contributed by atoms with Crippen LogP contribution in [0.25, 0.3) is 0 Å². The normalized spacial score (nSPS) is 22.5. The Labute approximate surface area is 292 Å². The molecule has 0 spiro atoms. The van der Waals surface area contributed by atoms with E-state index in [1.807, 2.05) is 85.8 Å². The van der Waals surface area contributed by atoms with Gasteiger partial charge in [0, 0.05) is 31.6 Å². The summed E-state index contributed by atoms with van der Waals surface area (Å²) in [5, 5.41) is 0. The van der Waals surface area contributed by atoms with E-state index in [1.54, 1.807) is 14.2 Å². The molecule has 2 fully saturated rings. The van der Waals surface area contributed by atoms with Gasteiger partial charge in [0.05, 0.1) is 45.7 Å². The first-order chi connectivity index (χ1) is 23.6. The van der Waals surface area contributed by atoms with Gasteiger partial charge in [0.2, 0.25) is 0 Å². The minimum absolute atomic E-state index is 0.0584. The fraction of sp³-hybridized carbons (Fsp3) is 0.486.